The minimum Gasteiger partial charge on any atom is -0.388 e. The molecule has 2 atom stereocenters. The zero-order valence-corrected chi connectivity index (χ0v) is 10.7. The van der Waals surface area contributed by atoms with Gasteiger partial charge in [-0.05, 0) is 18.6 Å². The number of fused-ring (bicyclic) bond motifs is 1. The van der Waals surface area contributed by atoms with Crippen molar-refractivity contribution < 1.29 is 9.50 Å². The topological polar surface area (TPSA) is 20.2 Å². The van der Waals surface area contributed by atoms with Gasteiger partial charge in [-0.25, -0.2) is 4.39 Å². The third-order valence-electron chi connectivity index (χ3n) is 2.65. The molecule has 1 aromatic carbocycles. The van der Waals surface area contributed by atoms with Crippen molar-refractivity contribution in [3.63, 3.8) is 0 Å². The predicted octanol–water partition coefficient (Wildman–Crippen LogP) is 3.65. The number of aliphatic hydroxyl groups excluding tert-OH is 1. The molecule has 4 heteroatoms. The molecule has 82 valence electrons. The van der Waals surface area contributed by atoms with Gasteiger partial charge in [0.15, 0.2) is 0 Å². The van der Waals surface area contributed by atoms with Crippen molar-refractivity contribution >= 4 is 27.7 Å². The van der Waals surface area contributed by atoms with Crippen LogP contribution >= 0.6 is 27.7 Å². The number of benzene rings is 1. The largest absolute Gasteiger partial charge is 0.388 e. The van der Waals surface area contributed by atoms with E-state index in [1.165, 1.54) is 6.07 Å². The molecule has 0 fully saturated rings. The Kier molecular flexibility index (Phi) is 3.38. The summed E-state index contributed by atoms with van der Waals surface area (Å²) < 4.78 is 14.4. The minimum atomic E-state index is -0.560. The monoisotopic (exact) mass is 290 g/mol. The second-order valence-corrected chi connectivity index (χ2v) is 6.08. The first-order valence-corrected chi connectivity index (χ1v) is 6.70. The van der Waals surface area contributed by atoms with Crippen LogP contribution in [0.3, 0.4) is 0 Å². The maximum Gasteiger partial charge on any atom is 0.127 e. The van der Waals surface area contributed by atoms with Crippen LogP contribution < -0.4 is 0 Å². The zero-order chi connectivity index (χ0) is 11.0. The summed E-state index contributed by atoms with van der Waals surface area (Å²) in [4.78, 5) is 0. The lowest BCUT2D eigenvalue weighted by Gasteiger charge is -2.14. The molecule has 2 rings (SSSR count). The number of aliphatic hydroxyl groups is 1. The molecule has 0 bridgehead atoms. The standard InChI is InChI=1S/C11H12BrFOS/c1-6-4-10(14)11-7(5-15-6)9(13)3-2-8(11)12/h2-3,6,10,14H,4-5H2,1H3. The van der Waals surface area contributed by atoms with Crippen molar-refractivity contribution in [2.24, 2.45) is 0 Å². The minimum absolute atomic E-state index is 0.214. The Morgan fingerprint density at radius 2 is 2.27 bits per heavy atom. The van der Waals surface area contributed by atoms with Gasteiger partial charge in [0.25, 0.3) is 0 Å². The van der Waals surface area contributed by atoms with Gasteiger partial charge in [-0.15, -0.1) is 0 Å². The van der Waals surface area contributed by atoms with Crippen LogP contribution in [0.1, 0.15) is 30.6 Å². The molecule has 15 heavy (non-hydrogen) atoms. The third-order valence-corrected chi connectivity index (χ3v) is 4.56. The Hall–Kier alpha value is -0.0600. The number of rotatable bonds is 0. The van der Waals surface area contributed by atoms with Crippen LogP contribution in [0.5, 0.6) is 0 Å². The predicted molar refractivity (Wildman–Crippen MR) is 64.4 cm³/mol. The molecule has 2 unspecified atom stereocenters. The van der Waals surface area contributed by atoms with E-state index in [1.54, 1.807) is 17.8 Å². The molecule has 0 saturated carbocycles. The van der Waals surface area contributed by atoms with Gasteiger partial charge in [0.1, 0.15) is 5.82 Å². The van der Waals surface area contributed by atoms with Gasteiger partial charge in [0, 0.05) is 26.6 Å². The summed E-state index contributed by atoms with van der Waals surface area (Å²) in [7, 11) is 0. The van der Waals surface area contributed by atoms with Crippen LogP contribution in [-0.2, 0) is 5.75 Å². The Morgan fingerprint density at radius 3 is 3.00 bits per heavy atom. The normalized spacial score (nSPS) is 25.9. The lowest BCUT2D eigenvalue weighted by Crippen LogP contribution is -2.05. The zero-order valence-electron chi connectivity index (χ0n) is 8.34. The Bertz CT molecular complexity index is 383. The van der Waals surface area contributed by atoms with Gasteiger partial charge in [-0.2, -0.15) is 11.8 Å². The highest BCUT2D eigenvalue weighted by molar-refractivity contribution is 9.10. The van der Waals surface area contributed by atoms with Crippen molar-refractivity contribution in [1.82, 2.24) is 0 Å². The van der Waals surface area contributed by atoms with E-state index in [0.717, 1.165) is 10.0 Å². The lowest BCUT2D eigenvalue weighted by molar-refractivity contribution is 0.167. The second kappa shape index (κ2) is 4.44. The molecule has 1 aliphatic rings. The van der Waals surface area contributed by atoms with E-state index < -0.39 is 6.10 Å². The maximum atomic E-state index is 13.6. The highest BCUT2D eigenvalue weighted by Gasteiger charge is 2.25. The smallest absolute Gasteiger partial charge is 0.127 e. The average molecular weight is 291 g/mol. The molecule has 1 N–H and O–H groups in total. The summed E-state index contributed by atoms with van der Waals surface area (Å²) in [6.07, 6.45) is 0.120. The molecule has 0 spiro atoms. The second-order valence-electron chi connectivity index (χ2n) is 3.79. The number of thioether (sulfide) groups is 1. The quantitative estimate of drug-likeness (QED) is 0.787. The highest BCUT2D eigenvalue weighted by atomic mass is 79.9. The molecular weight excluding hydrogens is 279 g/mol. The fourth-order valence-corrected chi connectivity index (χ4v) is 3.54. The lowest BCUT2D eigenvalue weighted by atomic mass is 10.00. The van der Waals surface area contributed by atoms with Crippen LogP contribution in [-0.4, -0.2) is 10.4 Å². The first-order valence-electron chi connectivity index (χ1n) is 4.86. The van der Waals surface area contributed by atoms with Gasteiger partial charge < -0.3 is 5.11 Å². The van der Waals surface area contributed by atoms with Crippen molar-refractivity contribution in [3.05, 3.63) is 33.5 Å². The summed E-state index contributed by atoms with van der Waals surface area (Å²) in [6.45, 7) is 2.06. The molecule has 1 heterocycles. The van der Waals surface area contributed by atoms with Gasteiger partial charge in [-0.3, -0.25) is 0 Å². The van der Waals surface area contributed by atoms with Crippen molar-refractivity contribution in [1.29, 1.82) is 0 Å². The summed E-state index contributed by atoms with van der Waals surface area (Å²) in [5, 5.41) is 10.4. The number of hydrogen-bond acceptors (Lipinski definition) is 2. The molecule has 0 saturated heterocycles. The molecule has 0 amide bonds. The van der Waals surface area contributed by atoms with Gasteiger partial charge >= 0.3 is 0 Å². The molecule has 1 aromatic rings. The van der Waals surface area contributed by atoms with Crippen LogP contribution in [0.25, 0.3) is 0 Å². The SMILES string of the molecule is CC1CC(O)c2c(Br)ccc(F)c2CS1. The Morgan fingerprint density at radius 1 is 1.53 bits per heavy atom. The van der Waals surface area contributed by atoms with Crippen LogP contribution in [0.15, 0.2) is 16.6 Å². The van der Waals surface area contributed by atoms with Crippen LogP contribution in [0.4, 0.5) is 4.39 Å². The van der Waals surface area contributed by atoms with E-state index in [4.69, 9.17) is 0 Å². The maximum absolute atomic E-state index is 13.6. The summed E-state index contributed by atoms with van der Waals surface area (Å²) in [5.74, 6) is 0.424. The number of hydrogen-bond donors (Lipinski definition) is 1. The van der Waals surface area contributed by atoms with E-state index >= 15 is 0 Å². The van der Waals surface area contributed by atoms with E-state index in [-0.39, 0.29) is 5.82 Å². The van der Waals surface area contributed by atoms with Crippen molar-refractivity contribution in [2.45, 2.75) is 30.5 Å². The molecule has 1 aliphatic heterocycles. The Balaban J connectivity index is 2.52. The van der Waals surface area contributed by atoms with Crippen LogP contribution in [0.2, 0.25) is 0 Å². The fraction of sp³-hybridized carbons (Fsp3) is 0.455. The third kappa shape index (κ3) is 2.22. The van der Waals surface area contributed by atoms with Gasteiger partial charge in [0.2, 0.25) is 0 Å². The van der Waals surface area contributed by atoms with Crippen molar-refractivity contribution in [2.75, 3.05) is 0 Å². The van der Waals surface area contributed by atoms with Crippen LogP contribution in [0, 0.1) is 5.82 Å². The molecule has 1 nitrogen and oxygen atoms in total. The molecule has 0 radical (unpaired) electrons. The van der Waals surface area contributed by atoms with E-state index in [2.05, 4.69) is 22.9 Å². The Labute approximate surface area is 101 Å². The number of halogens is 2. The molecular formula is C11H12BrFOS. The first kappa shape index (κ1) is 11.4. The summed E-state index contributed by atoms with van der Waals surface area (Å²) in [5.41, 5.74) is 1.37. The van der Waals surface area contributed by atoms with E-state index in [9.17, 15) is 9.50 Å². The van der Waals surface area contributed by atoms with E-state index in [1.807, 2.05) is 0 Å². The fourth-order valence-electron chi connectivity index (χ4n) is 1.84. The van der Waals surface area contributed by atoms with Gasteiger partial charge in [-0.1, -0.05) is 22.9 Å². The summed E-state index contributed by atoms with van der Waals surface area (Å²) >= 11 is 5.06. The van der Waals surface area contributed by atoms with E-state index in [0.29, 0.717) is 23.0 Å². The first-order chi connectivity index (χ1) is 7.09. The molecule has 0 aromatic heterocycles. The average Bonchev–Trinajstić information content (AvgIpc) is 2.32. The molecule has 0 aliphatic carbocycles. The summed E-state index contributed by atoms with van der Waals surface area (Å²) in [6, 6.07) is 3.12. The van der Waals surface area contributed by atoms with Crippen molar-refractivity contribution in [3.8, 4) is 0 Å². The van der Waals surface area contributed by atoms with Gasteiger partial charge in [0.05, 0.1) is 6.10 Å². The highest BCUT2D eigenvalue weighted by Crippen LogP contribution is 2.39.